The van der Waals surface area contributed by atoms with E-state index >= 15 is 0 Å². The van der Waals surface area contributed by atoms with E-state index in [0.717, 1.165) is 5.01 Å². The molecule has 7 heteroatoms. The Morgan fingerprint density at radius 2 is 2.14 bits per heavy atom. The van der Waals surface area contributed by atoms with Crippen molar-refractivity contribution in [2.45, 2.75) is 52.6 Å². The standard InChI is InChI=1S/C21H28N4O2S/c1-5-27-20(26)18-13(2)24-19(28-18)14(3)25-21(22-4)23-12-15-9-10-16-7-6-8-17(16)11-15/h9-11,14H,5-8,12H2,1-4H3,(H2,22,23,25). The normalized spacial score (nSPS) is 14.5. The lowest BCUT2D eigenvalue weighted by Gasteiger charge is -2.16. The first-order chi connectivity index (χ1) is 13.5. The summed E-state index contributed by atoms with van der Waals surface area (Å²) in [6.45, 7) is 6.72. The van der Waals surface area contributed by atoms with Crippen molar-refractivity contribution in [3.63, 3.8) is 0 Å². The number of nitrogens with one attached hydrogen (secondary N) is 2. The van der Waals surface area contributed by atoms with Crippen molar-refractivity contribution in [1.29, 1.82) is 0 Å². The molecular weight excluding hydrogens is 372 g/mol. The molecule has 1 aromatic heterocycles. The van der Waals surface area contributed by atoms with E-state index in [-0.39, 0.29) is 12.0 Å². The number of hydrogen-bond donors (Lipinski definition) is 2. The Balaban J connectivity index is 1.60. The monoisotopic (exact) mass is 400 g/mol. The zero-order valence-electron chi connectivity index (χ0n) is 17.0. The Kier molecular flexibility index (Phi) is 6.67. The highest BCUT2D eigenvalue weighted by atomic mass is 32.1. The van der Waals surface area contributed by atoms with Gasteiger partial charge in [-0.2, -0.15) is 0 Å². The van der Waals surface area contributed by atoms with Gasteiger partial charge in [0.15, 0.2) is 5.96 Å². The van der Waals surface area contributed by atoms with Crippen LogP contribution in [0.1, 0.15) is 63.4 Å². The minimum Gasteiger partial charge on any atom is -0.462 e. The summed E-state index contributed by atoms with van der Waals surface area (Å²) in [6.07, 6.45) is 3.64. The summed E-state index contributed by atoms with van der Waals surface area (Å²) in [5, 5.41) is 7.55. The molecule has 6 nitrogen and oxygen atoms in total. The molecule has 0 amide bonds. The molecule has 1 atom stereocenters. The van der Waals surface area contributed by atoms with Gasteiger partial charge >= 0.3 is 5.97 Å². The molecule has 1 heterocycles. The number of nitrogens with zero attached hydrogens (tertiary/aromatic N) is 2. The zero-order valence-corrected chi connectivity index (χ0v) is 17.8. The van der Waals surface area contributed by atoms with Crippen LogP contribution in [0.2, 0.25) is 0 Å². The van der Waals surface area contributed by atoms with Gasteiger partial charge < -0.3 is 15.4 Å². The quantitative estimate of drug-likeness (QED) is 0.441. The van der Waals surface area contributed by atoms with Crippen LogP contribution >= 0.6 is 11.3 Å². The third-order valence-corrected chi connectivity index (χ3v) is 6.16. The number of carbonyl (C=O) groups is 1. The third kappa shape index (κ3) is 4.70. The summed E-state index contributed by atoms with van der Waals surface area (Å²) in [5.74, 6) is 0.397. The third-order valence-electron chi connectivity index (χ3n) is 4.84. The zero-order chi connectivity index (χ0) is 20.1. The van der Waals surface area contributed by atoms with Gasteiger partial charge in [0, 0.05) is 13.6 Å². The first kappa shape index (κ1) is 20.3. The van der Waals surface area contributed by atoms with Crippen molar-refractivity contribution < 1.29 is 9.53 Å². The molecular formula is C21H28N4O2S. The number of hydrogen-bond acceptors (Lipinski definition) is 5. The summed E-state index contributed by atoms with van der Waals surface area (Å²) in [4.78, 5) is 21.4. The molecule has 0 fully saturated rings. The van der Waals surface area contributed by atoms with E-state index in [1.165, 1.54) is 47.3 Å². The smallest absolute Gasteiger partial charge is 0.350 e. The summed E-state index contributed by atoms with van der Waals surface area (Å²) in [7, 11) is 1.75. The van der Waals surface area contributed by atoms with Crippen LogP contribution < -0.4 is 10.6 Å². The molecule has 0 spiro atoms. The van der Waals surface area contributed by atoms with Crippen LogP contribution in [-0.2, 0) is 24.1 Å². The summed E-state index contributed by atoms with van der Waals surface area (Å²) < 4.78 is 5.10. The lowest BCUT2D eigenvalue weighted by Crippen LogP contribution is -2.38. The molecule has 0 bridgehead atoms. The molecule has 0 saturated carbocycles. The van der Waals surface area contributed by atoms with Gasteiger partial charge in [0.05, 0.1) is 18.3 Å². The predicted molar refractivity (Wildman–Crippen MR) is 113 cm³/mol. The minimum absolute atomic E-state index is 0.0712. The number of fused-ring (bicyclic) bond motifs is 1. The number of aliphatic imine (C=N–C) groups is 1. The lowest BCUT2D eigenvalue weighted by molar-refractivity contribution is 0.0531. The number of aryl methyl sites for hydroxylation is 3. The molecule has 0 radical (unpaired) electrons. The van der Waals surface area contributed by atoms with Crippen molar-refractivity contribution in [2.24, 2.45) is 4.99 Å². The van der Waals surface area contributed by atoms with Crippen LogP contribution in [0, 0.1) is 6.92 Å². The predicted octanol–water partition coefficient (Wildman–Crippen LogP) is 3.54. The van der Waals surface area contributed by atoms with Crippen LogP contribution in [0.4, 0.5) is 0 Å². The van der Waals surface area contributed by atoms with E-state index in [4.69, 9.17) is 4.74 Å². The molecule has 0 saturated heterocycles. The van der Waals surface area contributed by atoms with E-state index in [0.29, 0.717) is 29.7 Å². The number of ether oxygens (including phenoxy) is 1. The number of thiazole rings is 1. The number of guanidine groups is 1. The van der Waals surface area contributed by atoms with Gasteiger partial charge in [-0.1, -0.05) is 18.2 Å². The van der Waals surface area contributed by atoms with Crippen molar-refractivity contribution in [3.05, 3.63) is 50.5 Å². The maximum absolute atomic E-state index is 12.0. The maximum Gasteiger partial charge on any atom is 0.350 e. The van der Waals surface area contributed by atoms with Crippen LogP contribution in [0.25, 0.3) is 0 Å². The number of aromatic nitrogens is 1. The van der Waals surface area contributed by atoms with Gasteiger partial charge in [-0.3, -0.25) is 4.99 Å². The van der Waals surface area contributed by atoms with Gasteiger partial charge in [-0.15, -0.1) is 11.3 Å². The maximum atomic E-state index is 12.0. The fraction of sp³-hybridized carbons (Fsp3) is 0.476. The number of esters is 1. The Morgan fingerprint density at radius 1 is 1.36 bits per heavy atom. The second-order valence-corrected chi connectivity index (χ2v) is 7.97. The molecule has 2 N–H and O–H groups in total. The molecule has 1 aliphatic carbocycles. The van der Waals surface area contributed by atoms with Crippen molar-refractivity contribution in [3.8, 4) is 0 Å². The first-order valence-corrected chi connectivity index (χ1v) is 10.6. The van der Waals surface area contributed by atoms with Crippen LogP contribution in [0.15, 0.2) is 23.2 Å². The fourth-order valence-corrected chi connectivity index (χ4v) is 4.33. The van der Waals surface area contributed by atoms with Crippen LogP contribution in [0.3, 0.4) is 0 Å². The highest BCUT2D eigenvalue weighted by Crippen LogP contribution is 2.25. The van der Waals surface area contributed by atoms with E-state index in [1.54, 1.807) is 14.0 Å². The molecule has 0 aliphatic heterocycles. The molecule has 3 rings (SSSR count). The van der Waals surface area contributed by atoms with Crippen molar-refractivity contribution >= 4 is 23.3 Å². The van der Waals surface area contributed by atoms with Gasteiger partial charge in [-0.05, 0) is 56.7 Å². The summed E-state index contributed by atoms with van der Waals surface area (Å²) in [5.41, 5.74) is 4.91. The SMILES string of the molecule is CCOC(=O)c1sc(C(C)NC(=NC)NCc2ccc3c(c2)CCC3)nc1C. The Bertz CT molecular complexity index is 875. The van der Waals surface area contributed by atoms with E-state index < -0.39 is 0 Å². The number of benzene rings is 1. The summed E-state index contributed by atoms with van der Waals surface area (Å²) >= 11 is 1.37. The lowest BCUT2D eigenvalue weighted by atomic mass is 10.1. The highest BCUT2D eigenvalue weighted by molar-refractivity contribution is 7.13. The molecule has 1 aliphatic rings. The molecule has 1 unspecified atom stereocenters. The number of carbonyl (C=O) groups excluding carboxylic acids is 1. The Labute approximate surface area is 170 Å². The topological polar surface area (TPSA) is 75.6 Å². The second-order valence-electron chi connectivity index (χ2n) is 6.94. The minimum atomic E-state index is -0.310. The summed E-state index contributed by atoms with van der Waals surface area (Å²) in [6, 6.07) is 6.65. The van der Waals surface area contributed by atoms with Crippen LogP contribution in [-0.4, -0.2) is 30.6 Å². The van der Waals surface area contributed by atoms with Crippen molar-refractivity contribution in [2.75, 3.05) is 13.7 Å². The molecule has 150 valence electrons. The first-order valence-electron chi connectivity index (χ1n) is 9.74. The Hall–Kier alpha value is -2.41. The van der Waals surface area contributed by atoms with E-state index in [9.17, 15) is 4.79 Å². The van der Waals surface area contributed by atoms with E-state index in [1.807, 2.05) is 13.8 Å². The second kappa shape index (κ2) is 9.19. The van der Waals surface area contributed by atoms with Gasteiger partial charge in [0.25, 0.3) is 0 Å². The number of rotatable bonds is 6. The molecule has 28 heavy (non-hydrogen) atoms. The molecule has 1 aromatic carbocycles. The van der Waals surface area contributed by atoms with Gasteiger partial charge in [-0.25, -0.2) is 9.78 Å². The van der Waals surface area contributed by atoms with Gasteiger partial charge in [0.2, 0.25) is 0 Å². The largest absolute Gasteiger partial charge is 0.462 e. The van der Waals surface area contributed by atoms with Gasteiger partial charge in [0.1, 0.15) is 9.88 Å². The average Bonchev–Trinajstić information content (AvgIpc) is 3.31. The van der Waals surface area contributed by atoms with Crippen LogP contribution in [0.5, 0.6) is 0 Å². The Morgan fingerprint density at radius 3 is 2.89 bits per heavy atom. The van der Waals surface area contributed by atoms with Crippen molar-refractivity contribution in [1.82, 2.24) is 15.6 Å². The fourth-order valence-electron chi connectivity index (χ4n) is 3.37. The average molecular weight is 401 g/mol. The highest BCUT2D eigenvalue weighted by Gasteiger charge is 2.20. The molecule has 2 aromatic rings. The van der Waals surface area contributed by atoms with E-state index in [2.05, 4.69) is 38.8 Å².